The van der Waals surface area contributed by atoms with Gasteiger partial charge in [-0.2, -0.15) is 0 Å². The minimum Gasteiger partial charge on any atom is -0.378 e. The zero-order valence-electron chi connectivity index (χ0n) is 14.8. The zero-order chi connectivity index (χ0) is 17.7. The van der Waals surface area contributed by atoms with E-state index in [1.165, 1.54) is 43.3 Å². The van der Waals surface area contributed by atoms with Crippen molar-refractivity contribution >= 4 is 39.0 Å². The van der Waals surface area contributed by atoms with Crippen LogP contribution in [-0.4, -0.2) is 14.1 Å². The summed E-state index contributed by atoms with van der Waals surface area (Å²) < 4.78 is 3.73. The molecule has 3 heteroatoms. The van der Waals surface area contributed by atoms with E-state index in [0.717, 1.165) is 0 Å². The molecule has 0 spiro atoms. The van der Waals surface area contributed by atoms with Gasteiger partial charge in [-0.1, -0.05) is 47.7 Å². The van der Waals surface area contributed by atoms with Gasteiger partial charge in [0, 0.05) is 31.9 Å². The molecule has 1 aliphatic rings. The van der Waals surface area contributed by atoms with E-state index in [4.69, 9.17) is 0 Å². The standard InChI is InChI=1S/C23H19N2S/c1-24(2)17-13-11-16(12-14-17)15-21-18-7-3-4-8-19(18)23-25(21)20-9-5-6-10-22(20)26-23/h3-15H,1-2H3/q+1. The lowest BCUT2D eigenvalue weighted by Gasteiger charge is -2.11. The summed E-state index contributed by atoms with van der Waals surface area (Å²) in [5.74, 6) is 0. The first-order valence-corrected chi connectivity index (χ1v) is 9.57. The van der Waals surface area contributed by atoms with Crippen LogP contribution in [0.5, 0.6) is 0 Å². The highest BCUT2D eigenvalue weighted by Crippen LogP contribution is 2.40. The van der Waals surface area contributed by atoms with Crippen molar-refractivity contribution in [2.24, 2.45) is 0 Å². The summed E-state index contributed by atoms with van der Waals surface area (Å²) in [6, 6.07) is 26.1. The van der Waals surface area contributed by atoms with E-state index in [1.807, 2.05) is 11.3 Å². The first-order valence-electron chi connectivity index (χ1n) is 8.75. The molecule has 0 unspecified atom stereocenters. The number of fused-ring (bicyclic) bond motifs is 5. The summed E-state index contributed by atoms with van der Waals surface area (Å²) >= 11 is 1.87. The number of aromatic nitrogens is 1. The van der Waals surface area contributed by atoms with Crippen molar-refractivity contribution in [3.05, 3.63) is 83.9 Å². The Bertz CT molecular complexity index is 1150. The van der Waals surface area contributed by atoms with Crippen molar-refractivity contribution in [3.63, 3.8) is 0 Å². The van der Waals surface area contributed by atoms with Gasteiger partial charge in [-0.05, 0) is 35.9 Å². The van der Waals surface area contributed by atoms with Gasteiger partial charge in [0.2, 0.25) is 11.2 Å². The van der Waals surface area contributed by atoms with Gasteiger partial charge in [-0.25, -0.2) is 0 Å². The Kier molecular flexibility index (Phi) is 3.44. The van der Waals surface area contributed by atoms with E-state index in [-0.39, 0.29) is 0 Å². The third kappa shape index (κ3) is 2.28. The average Bonchev–Trinajstić information content (AvgIpc) is 3.18. The van der Waals surface area contributed by atoms with E-state index in [2.05, 4.69) is 102 Å². The monoisotopic (exact) mass is 355 g/mol. The highest BCUT2D eigenvalue weighted by atomic mass is 32.1. The third-order valence-corrected chi connectivity index (χ3v) is 6.06. The number of hydrogen-bond acceptors (Lipinski definition) is 2. The van der Waals surface area contributed by atoms with E-state index in [1.54, 1.807) is 0 Å². The molecular formula is C23H19N2S+. The minimum absolute atomic E-state index is 1.22. The van der Waals surface area contributed by atoms with Crippen LogP contribution in [0.2, 0.25) is 0 Å². The fraction of sp³-hybridized carbons (Fsp3) is 0.0870. The van der Waals surface area contributed by atoms with Crippen LogP contribution in [0.15, 0.2) is 72.8 Å². The Morgan fingerprint density at radius 3 is 2.27 bits per heavy atom. The lowest BCUT2D eigenvalue weighted by atomic mass is 10.1. The summed E-state index contributed by atoms with van der Waals surface area (Å²) in [6.45, 7) is 0. The number of nitrogens with zero attached hydrogens (tertiary/aromatic N) is 2. The molecule has 0 atom stereocenters. The Labute approximate surface area is 157 Å². The largest absolute Gasteiger partial charge is 0.378 e. The van der Waals surface area contributed by atoms with Gasteiger partial charge in [-0.15, -0.1) is 4.57 Å². The quantitative estimate of drug-likeness (QED) is 0.391. The van der Waals surface area contributed by atoms with Gasteiger partial charge >= 0.3 is 0 Å². The smallest absolute Gasteiger partial charge is 0.276 e. The Morgan fingerprint density at radius 2 is 1.50 bits per heavy atom. The molecule has 0 N–H and O–H groups in total. The van der Waals surface area contributed by atoms with Crippen LogP contribution >= 0.6 is 11.3 Å². The van der Waals surface area contributed by atoms with E-state index in [9.17, 15) is 0 Å². The fourth-order valence-corrected chi connectivity index (χ4v) is 4.78. The first kappa shape index (κ1) is 15.4. The minimum atomic E-state index is 1.22. The van der Waals surface area contributed by atoms with Crippen LogP contribution in [0.1, 0.15) is 11.1 Å². The summed E-state index contributed by atoms with van der Waals surface area (Å²) in [4.78, 5) is 2.13. The number of benzene rings is 3. The normalized spacial score (nSPS) is 13.8. The van der Waals surface area contributed by atoms with Crippen LogP contribution in [-0.2, 0) is 0 Å². The second kappa shape index (κ2) is 5.82. The van der Waals surface area contributed by atoms with Crippen molar-refractivity contribution in [1.82, 2.24) is 0 Å². The summed E-state index contributed by atoms with van der Waals surface area (Å²) in [6.07, 6.45) is 2.30. The predicted molar refractivity (Wildman–Crippen MR) is 111 cm³/mol. The number of rotatable bonds is 2. The summed E-state index contributed by atoms with van der Waals surface area (Å²) in [7, 11) is 4.14. The maximum Gasteiger partial charge on any atom is 0.276 e. The summed E-state index contributed by atoms with van der Waals surface area (Å²) in [5.41, 5.74) is 7.60. The van der Waals surface area contributed by atoms with E-state index < -0.39 is 0 Å². The van der Waals surface area contributed by atoms with Gasteiger partial charge in [0.15, 0.2) is 0 Å². The van der Waals surface area contributed by atoms with Crippen molar-refractivity contribution in [2.45, 2.75) is 0 Å². The highest BCUT2D eigenvalue weighted by Gasteiger charge is 2.36. The Hall–Kier alpha value is -2.91. The molecule has 0 fully saturated rings. The molecule has 0 aliphatic carbocycles. The predicted octanol–water partition coefficient (Wildman–Crippen LogP) is 5.28. The molecule has 26 heavy (non-hydrogen) atoms. The second-order valence-corrected chi connectivity index (χ2v) is 7.80. The molecule has 2 heterocycles. The Morgan fingerprint density at radius 1 is 0.808 bits per heavy atom. The SMILES string of the molecule is CN(C)c1ccc(/C=C2/c3ccccc3-c3sc4ccccc4[n+]32)cc1. The van der Waals surface area contributed by atoms with Gasteiger partial charge in [-0.3, -0.25) is 0 Å². The molecule has 1 aliphatic heterocycles. The lowest BCUT2D eigenvalue weighted by Crippen LogP contribution is -2.29. The fourth-order valence-electron chi connectivity index (χ4n) is 3.58. The van der Waals surface area contributed by atoms with Crippen LogP contribution in [0.25, 0.3) is 32.6 Å². The molecule has 5 rings (SSSR count). The van der Waals surface area contributed by atoms with Crippen LogP contribution in [0.4, 0.5) is 5.69 Å². The van der Waals surface area contributed by atoms with Crippen molar-refractivity contribution in [1.29, 1.82) is 0 Å². The van der Waals surface area contributed by atoms with E-state index in [0.29, 0.717) is 0 Å². The van der Waals surface area contributed by atoms with Gasteiger partial charge < -0.3 is 4.90 Å². The third-order valence-electron chi connectivity index (χ3n) is 4.90. The molecular weight excluding hydrogens is 336 g/mol. The van der Waals surface area contributed by atoms with Crippen LogP contribution in [0, 0.1) is 0 Å². The van der Waals surface area contributed by atoms with E-state index >= 15 is 0 Å². The highest BCUT2D eigenvalue weighted by molar-refractivity contribution is 7.21. The average molecular weight is 355 g/mol. The molecule has 0 saturated carbocycles. The topological polar surface area (TPSA) is 7.12 Å². The first-order chi connectivity index (χ1) is 12.7. The van der Waals surface area contributed by atoms with Crippen molar-refractivity contribution in [2.75, 3.05) is 19.0 Å². The Balaban J connectivity index is 1.74. The molecule has 2 nitrogen and oxygen atoms in total. The molecule has 0 amide bonds. The number of hydrogen-bond donors (Lipinski definition) is 0. The lowest BCUT2D eigenvalue weighted by molar-refractivity contribution is -0.528. The van der Waals surface area contributed by atoms with Gasteiger partial charge in [0.25, 0.3) is 5.01 Å². The second-order valence-electron chi connectivity index (χ2n) is 6.77. The van der Waals surface area contributed by atoms with Gasteiger partial charge in [0.05, 0.1) is 11.1 Å². The number of para-hydroxylation sites is 1. The maximum absolute atomic E-state index is 2.41. The molecule has 0 saturated heterocycles. The molecule has 0 radical (unpaired) electrons. The van der Waals surface area contributed by atoms with Crippen LogP contribution < -0.4 is 9.47 Å². The molecule has 0 bridgehead atoms. The molecule has 126 valence electrons. The van der Waals surface area contributed by atoms with Gasteiger partial charge in [0.1, 0.15) is 4.70 Å². The number of anilines is 1. The molecule has 1 aromatic heterocycles. The molecule has 3 aromatic carbocycles. The number of thiazole rings is 1. The van der Waals surface area contributed by atoms with Crippen molar-refractivity contribution < 1.29 is 4.57 Å². The van der Waals surface area contributed by atoms with Crippen molar-refractivity contribution in [3.8, 4) is 10.6 Å². The summed E-state index contributed by atoms with van der Waals surface area (Å²) in [5, 5.41) is 1.32. The zero-order valence-corrected chi connectivity index (χ0v) is 15.6. The molecule has 4 aromatic rings. The maximum atomic E-state index is 2.41. The van der Waals surface area contributed by atoms with Crippen LogP contribution in [0.3, 0.4) is 0 Å².